The summed E-state index contributed by atoms with van der Waals surface area (Å²) in [6.45, 7) is 8.09. The highest BCUT2D eigenvalue weighted by Gasteiger charge is 2.59. The lowest BCUT2D eigenvalue weighted by atomic mass is 10.0. The maximum Gasteiger partial charge on any atom is 0.351 e. The number of likely N-dealkylation sites (tertiary alicyclic amines) is 1. The van der Waals surface area contributed by atoms with Gasteiger partial charge in [0.25, 0.3) is 5.91 Å². The fraction of sp³-hybridized carbons (Fsp3) is 0.483. The molecule has 0 aliphatic carbocycles. The zero-order chi connectivity index (χ0) is 102. The second kappa shape index (κ2) is 54.8. The molecule has 0 spiro atoms. The van der Waals surface area contributed by atoms with E-state index in [9.17, 15) is 86.7 Å². The van der Waals surface area contributed by atoms with Gasteiger partial charge in [0.2, 0.25) is 59.4 Å². The van der Waals surface area contributed by atoms with E-state index in [-0.39, 0.29) is 126 Å². The number of guanidine groups is 1. The van der Waals surface area contributed by atoms with Gasteiger partial charge >= 0.3 is 23.6 Å². The molecule has 3 aliphatic heterocycles. The van der Waals surface area contributed by atoms with Gasteiger partial charge in [0.05, 0.1) is 38.1 Å². The van der Waals surface area contributed by atoms with Crippen LogP contribution in [-0.4, -0.2) is 293 Å². The number of aliphatic hydroxyl groups is 4. The number of fused-ring (bicyclic) bond motifs is 2. The number of aliphatic hydroxyl groups excluding tert-OH is 4. The van der Waals surface area contributed by atoms with Crippen molar-refractivity contribution in [2.75, 3.05) is 74.1 Å². The van der Waals surface area contributed by atoms with Crippen molar-refractivity contribution in [1.29, 1.82) is 5.41 Å². The highest BCUT2D eigenvalue weighted by Crippen LogP contribution is 2.42. The van der Waals surface area contributed by atoms with Crippen molar-refractivity contribution >= 4 is 165 Å². The summed E-state index contributed by atoms with van der Waals surface area (Å²) in [5, 5.41) is 87.0. The summed E-state index contributed by atoms with van der Waals surface area (Å²) in [5.41, 5.74) is 29.2. The smallest absolute Gasteiger partial charge is 0.351 e. The second-order valence-electron chi connectivity index (χ2n) is 33.8. The molecule has 2 fully saturated rings. The van der Waals surface area contributed by atoms with Crippen LogP contribution in [0.2, 0.25) is 0 Å². The lowest BCUT2D eigenvalue weighted by molar-refractivity contribution is -0.142. The summed E-state index contributed by atoms with van der Waals surface area (Å²) in [5.74, 6) is -11.8. The van der Waals surface area contributed by atoms with E-state index in [1.54, 1.807) is 65.1 Å². The molecular weight excluding hydrogens is 1920 g/mol. The number of carbonyl (C=O) groups excluding carboxylic acids is 10. The first-order valence-corrected chi connectivity index (χ1v) is 45.7. The molecule has 0 bridgehead atoms. The number of aliphatic imine (C=N–C) groups is 1. The Hall–Kier alpha value is -13.4. The van der Waals surface area contributed by atoms with E-state index in [2.05, 4.69) is 97.7 Å². The number of halogens is 4. The molecule has 764 valence electrons. The Kier molecular flexibility index (Phi) is 44.4. The number of phenols is 1. The third-order valence-corrected chi connectivity index (χ3v) is 22.3. The molecule has 12 atom stereocenters. The van der Waals surface area contributed by atoms with Gasteiger partial charge in [-0.1, -0.05) is 68.5 Å². The summed E-state index contributed by atoms with van der Waals surface area (Å²) in [6, 6.07) is 8.52. The number of primary amides is 1. The van der Waals surface area contributed by atoms with Gasteiger partial charge in [-0.2, -0.15) is 27.3 Å². The molecule has 5 aromatic heterocycles. The SMILES string of the molecule is CC(C)C[C@H](NC(=O)[C@@H](COC(C)(C)C)NC(=O)[C@H](Cc1ccc(O)cc1)NC(=O)[C@H](CO)NC(=O)[C@H](Cc1c[nH]c2ccccc12)NC(=O)[C@H](Cc1cnc[nH]1)NC(=O)[C@@H]1CCC(O)=N1)C(=O)N[C@@H](CCCNC(=N)N)C(=O)N1CCC[C@H]1C(=O)NNC(N)=O.Nc1ccn([C@@H]2O[C@H](CO)[C@@H](O)C2(F)F)c(=O)n1.Nc1nc(=S)c2[nH]cnc2[nH]1.O=C(O)CCCc1ccc(N(CCCl)CCCl)cc1.S. The number of phenolic OH excluding ortho intramolecular Hbond substituents is 1. The zero-order valence-corrected chi connectivity index (χ0v) is 80.5. The first kappa shape index (κ1) is 114. The number of urea groups is 1. The van der Waals surface area contributed by atoms with Gasteiger partial charge < -0.3 is 135 Å². The van der Waals surface area contributed by atoms with Gasteiger partial charge in [0.15, 0.2) is 28.2 Å². The minimum absolute atomic E-state index is 0. The summed E-state index contributed by atoms with van der Waals surface area (Å²) in [4.78, 5) is 196. The zero-order valence-electron chi connectivity index (χ0n) is 77.2. The van der Waals surface area contributed by atoms with Crippen LogP contribution in [0.25, 0.3) is 22.1 Å². The standard InChI is InChI=1S/C59H84N18O14.C14H19Cl2NO2.C9H11F2N3O4.C5H5N5S.H2S/c1-31(2)22-40(49(82)68-39(12-8-20-64-57(60)61)56(89)77-21-9-13-46(77)55(88)75-76-58(62)90)69-54(87)45(29-91-59(3,4)5)74-50(83)41(23-32-14-16-35(79)17-15-32)70-53(86)44(28-78)73-51(84)42(24-33-26-65-37-11-7-6-10-36(33)37)71-52(85)43(25-34-27-63-30-66-34)72-48(81)38-18-19-47(80)67-38;15-8-10-17(11-9-16)13-6-4-12(5-7-13)2-1-3-14(18)19;10-9(11)6(16)4(3-15)18-7(9)14-2-1-5(12)13-8(14)17;6-5-9-3-2(4(11)10-5)7-1-8-3;/h6-7,10-11,14-17,26-27,30-31,38-46,65,78-79H,8-9,12-13,18-25,28-29H2,1-5H3,(H,63,66)(H,67,80)(H,68,82)(H,69,87)(H,70,86)(H,71,85)(H,72,81)(H,73,84)(H,74,83)(H,75,88)(H4,60,61,64)(H3,62,76,90);4-7H,1-3,8-11H2,(H,18,19);1-2,4,6-7,15-16H,3H2,(H2,12,13,17);1H,(H4,6,7,8,9,10,11);1H2/t38-,39-,40-,41-,42-,43-,44-,45+,46-;;4-,6-,7-;;/m0.1../s1. The predicted molar refractivity (Wildman–Crippen MR) is 519 cm³/mol. The third kappa shape index (κ3) is 34.9. The van der Waals surface area contributed by atoms with Crippen LogP contribution in [0.5, 0.6) is 5.75 Å². The normalized spacial score (nSPS) is 17.2. The van der Waals surface area contributed by atoms with Gasteiger partial charge in [-0.15, -0.1) is 23.2 Å². The van der Waals surface area contributed by atoms with Crippen LogP contribution in [0.3, 0.4) is 0 Å². The first-order chi connectivity index (χ1) is 66.0. The molecule has 8 aromatic rings. The Bertz CT molecular complexity index is 5640. The number of H-pyrrole nitrogens is 4. The van der Waals surface area contributed by atoms with E-state index in [0.29, 0.717) is 72.7 Å². The summed E-state index contributed by atoms with van der Waals surface area (Å²) in [7, 11) is 0. The summed E-state index contributed by atoms with van der Waals surface area (Å²) < 4.78 is 39.2. The van der Waals surface area contributed by atoms with Crippen LogP contribution in [-0.2, 0) is 83.1 Å². The largest absolute Gasteiger partial charge is 0.508 e. The van der Waals surface area contributed by atoms with E-state index >= 15 is 0 Å². The number of amides is 11. The van der Waals surface area contributed by atoms with Crippen LogP contribution in [0.15, 0.2) is 120 Å². The molecule has 11 amide bonds. The number of anilines is 3. The number of rotatable bonds is 42. The van der Waals surface area contributed by atoms with Gasteiger partial charge in [-0.05, 0) is 131 Å². The van der Waals surface area contributed by atoms with Crippen molar-refractivity contribution in [3.05, 3.63) is 148 Å². The average Bonchev–Trinajstić information content (AvgIpc) is 1.62. The summed E-state index contributed by atoms with van der Waals surface area (Å²) >= 11 is 16.5. The molecule has 11 rings (SSSR count). The van der Waals surface area contributed by atoms with Crippen LogP contribution in [0.4, 0.5) is 31.0 Å². The molecule has 53 heteroatoms. The molecule has 47 nitrogen and oxygen atoms in total. The number of nitrogens with two attached hydrogens (primary N) is 4. The van der Waals surface area contributed by atoms with E-state index in [4.69, 9.17) is 83.5 Å². The number of hydrogen-bond donors (Lipinski definition) is 25. The number of ether oxygens (including phenoxy) is 2. The number of carbonyl (C=O) groups is 11. The molecular formula is C87H121Cl2F2N27O20S2. The number of nitrogens with one attached hydrogen (secondary N) is 15. The fourth-order valence-corrected chi connectivity index (χ4v) is 15.4. The number of aliphatic carboxylic acids is 1. The molecule has 0 unspecified atom stereocenters. The van der Waals surface area contributed by atoms with Crippen molar-refractivity contribution in [2.24, 2.45) is 22.4 Å². The van der Waals surface area contributed by atoms with Crippen molar-refractivity contribution < 1.29 is 102 Å². The van der Waals surface area contributed by atoms with Crippen molar-refractivity contribution in [1.82, 2.24) is 103 Å². The number of hydrogen-bond acceptors (Lipinski definition) is 28. The number of alkyl halides is 4. The minimum Gasteiger partial charge on any atom is -0.508 e. The maximum absolute atomic E-state index is 14.8. The number of aromatic nitrogens is 9. The number of aromatic hydroxyl groups is 1. The predicted octanol–water partition coefficient (Wildman–Crippen LogP) is 0.744. The first-order valence-electron chi connectivity index (χ1n) is 44.2. The molecule has 0 radical (unpaired) electrons. The van der Waals surface area contributed by atoms with E-state index in [0.717, 1.165) is 43.0 Å². The second-order valence-corrected chi connectivity index (χ2v) is 35.0. The van der Waals surface area contributed by atoms with E-state index < -0.39 is 175 Å². The number of hydrazine groups is 1. The van der Waals surface area contributed by atoms with Crippen LogP contribution >= 0.6 is 48.9 Å². The monoisotopic (exact) mass is 2040 g/mol. The molecule has 2 saturated heterocycles. The Morgan fingerprint density at radius 2 is 1.36 bits per heavy atom. The van der Waals surface area contributed by atoms with Crippen molar-refractivity contribution in [3.8, 4) is 5.75 Å². The third-order valence-electron chi connectivity index (χ3n) is 21.7. The van der Waals surface area contributed by atoms with Gasteiger partial charge in [-0.25, -0.2) is 35.0 Å². The number of carboxylic acids is 1. The fourth-order valence-electron chi connectivity index (χ4n) is 14.7. The van der Waals surface area contributed by atoms with Crippen LogP contribution in [0, 0.1) is 16.0 Å². The van der Waals surface area contributed by atoms with E-state index in [1.807, 2.05) is 29.7 Å². The van der Waals surface area contributed by atoms with Crippen LogP contribution < -0.4 is 86.9 Å². The lowest BCUT2D eigenvalue weighted by Crippen LogP contribution is -2.62. The molecule has 3 aliphatic rings. The maximum atomic E-state index is 14.8. The van der Waals surface area contributed by atoms with Crippen LogP contribution in [0.1, 0.15) is 121 Å². The number of imidazole rings is 2. The Labute approximate surface area is 823 Å². The minimum atomic E-state index is -3.71. The number of aromatic amines is 4. The molecule has 29 N–H and O–H groups in total. The molecule has 140 heavy (non-hydrogen) atoms. The van der Waals surface area contributed by atoms with Gasteiger partial charge in [0.1, 0.15) is 77.6 Å². The summed E-state index contributed by atoms with van der Waals surface area (Å²) in [6.07, 6.45) is 3.52. The topological polar surface area (TPSA) is 731 Å². The average molecular weight is 2040 g/mol. The molecule has 0 saturated carbocycles. The Morgan fingerprint density at radius 3 is 1.95 bits per heavy atom. The molecule has 3 aromatic carbocycles. The van der Waals surface area contributed by atoms with E-state index in [1.165, 1.54) is 48.0 Å². The highest BCUT2D eigenvalue weighted by atomic mass is 35.5. The van der Waals surface area contributed by atoms with Crippen molar-refractivity contribution in [2.45, 2.75) is 202 Å². The lowest BCUT2D eigenvalue weighted by Gasteiger charge is -2.31. The number of nitrogens with zero attached hydrogens (tertiary/aromatic N) is 8. The highest BCUT2D eigenvalue weighted by molar-refractivity contribution is 7.71. The van der Waals surface area contributed by atoms with Gasteiger partial charge in [-0.3, -0.25) is 63.3 Å². The molecule has 8 heterocycles. The number of nitrogen functional groups attached to an aromatic ring is 2. The number of para-hydroxylation sites is 1. The number of carboxylic acid groups (broad SMARTS) is 1. The number of aryl methyl sites for hydroxylation is 1. The van der Waals surface area contributed by atoms with Crippen molar-refractivity contribution in [3.63, 3.8) is 0 Å². The quantitative estimate of drug-likeness (QED) is 0.00626. The Balaban J connectivity index is 0.000000432. The Morgan fingerprint density at radius 1 is 0.743 bits per heavy atom. The number of benzene rings is 3. The van der Waals surface area contributed by atoms with Gasteiger partial charge in [0, 0.05) is 111 Å².